The van der Waals surface area contributed by atoms with Gasteiger partial charge in [0.05, 0.1) is 5.69 Å². The second-order valence-electron chi connectivity index (χ2n) is 6.10. The molecular weight excluding hydrogens is 270 g/mol. The van der Waals surface area contributed by atoms with Gasteiger partial charge in [0.2, 0.25) is 0 Å². The van der Waals surface area contributed by atoms with Gasteiger partial charge in [-0.25, -0.2) is 4.98 Å². The van der Waals surface area contributed by atoms with Gasteiger partial charge in [-0.2, -0.15) is 0 Å². The zero-order valence-electron chi connectivity index (χ0n) is 11.9. The average Bonchev–Trinajstić information content (AvgIpc) is 2.51. The molecule has 2 aliphatic rings. The molecule has 4 heteroatoms. The fourth-order valence-corrected chi connectivity index (χ4v) is 3.93. The molecule has 2 heterocycles. The van der Waals surface area contributed by atoms with Crippen LogP contribution in [0.25, 0.3) is 0 Å². The van der Waals surface area contributed by atoms with Crippen molar-refractivity contribution in [2.24, 2.45) is 5.92 Å². The Balaban J connectivity index is 1.70. The van der Waals surface area contributed by atoms with Gasteiger partial charge in [0.1, 0.15) is 0 Å². The van der Waals surface area contributed by atoms with Crippen molar-refractivity contribution < 1.29 is 0 Å². The van der Waals surface area contributed by atoms with Gasteiger partial charge in [-0.05, 0) is 50.3 Å². The number of anilines is 1. The molecule has 0 amide bonds. The highest BCUT2D eigenvalue weighted by atomic mass is 35.5. The number of nitrogens with one attached hydrogen (secondary N) is 2. The average molecular weight is 294 g/mol. The van der Waals surface area contributed by atoms with E-state index in [-0.39, 0.29) is 0 Å². The molecule has 3 rings (SSSR count). The summed E-state index contributed by atoms with van der Waals surface area (Å²) in [5.41, 5.74) is 0.988. The maximum absolute atomic E-state index is 6.19. The van der Waals surface area contributed by atoms with E-state index in [9.17, 15) is 0 Å². The number of piperidine rings is 1. The van der Waals surface area contributed by atoms with E-state index in [1.165, 1.54) is 51.5 Å². The van der Waals surface area contributed by atoms with Gasteiger partial charge in [-0.15, -0.1) is 0 Å². The predicted molar refractivity (Wildman–Crippen MR) is 84.3 cm³/mol. The first-order valence-corrected chi connectivity index (χ1v) is 8.33. The summed E-state index contributed by atoms with van der Waals surface area (Å²) in [6, 6.07) is 5.19. The molecule has 1 aliphatic heterocycles. The van der Waals surface area contributed by atoms with E-state index in [4.69, 9.17) is 11.6 Å². The van der Waals surface area contributed by atoms with Crippen LogP contribution in [0.3, 0.4) is 0 Å². The van der Waals surface area contributed by atoms with Gasteiger partial charge in [0.25, 0.3) is 0 Å². The fourth-order valence-electron chi connectivity index (χ4n) is 3.76. The Bertz CT molecular complexity index is 431. The molecule has 1 aromatic rings. The second-order valence-corrected chi connectivity index (χ2v) is 6.46. The summed E-state index contributed by atoms with van der Waals surface area (Å²) in [4.78, 5) is 4.17. The largest absolute Gasteiger partial charge is 0.379 e. The molecule has 0 spiro atoms. The van der Waals surface area contributed by atoms with Gasteiger partial charge in [-0.3, -0.25) is 0 Å². The molecule has 1 aromatic heterocycles. The van der Waals surface area contributed by atoms with Gasteiger partial charge >= 0.3 is 0 Å². The quantitative estimate of drug-likeness (QED) is 0.831. The molecule has 0 radical (unpaired) electrons. The maximum atomic E-state index is 6.19. The Morgan fingerprint density at radius 2 is 2.00 bits per heavy atom. The number of aromatic nitrogens is 1. The molecule has 0 aromatic carbocycles. The lowest BCUT2D eigenvalue weighted by molar-refractivity contribution is 0.217. The normalized spacial score (nSPS) is 30.9. The van der Waals surface area contributed by atoms with E-state index in [2.05, 4.69) is 15.6 Å². The third-order valence-corrected chi connectivity index (χ3v) is 5.09. The van der Waals surface area contributed by atoms with E-state index in [1.54, 1.807) is 6.20 Å². The predicted octanol–water partition coefficient (Wildman–Crippen LogP) is 3.85. The van der Waals surface area contributed by atoms with Crippen molar-refractivity contribution in [1.82, 2.24) is 10.3 Å². The lowest BCUT2D eigenvalue weighted by Gasteiger charge is -2.40. The molecule has 2 N–H and O–H groups in total. The maximum Gasteiger partial charge on any atom is 0.152 e. The molecule has 3 atom stereocenters. The Morgan fingerprint density at radius 3 is 2.80 bits per heavy atom. The number of halogens is 1. The molecule has 3 unspecified atom stereocenters. The molecule has 1 saturated heterocycles. The summed E-state index contributed by atoms with van der Waals surface area (Å²) < 4.78 is 0. The lowest BCUT2D eigenvalue weighted by atomic mass is 9.77. The number of hydrogen-bond donors (Lipinski definition) is 2. The molecule has 1 saturated carbocycles. The van der Waals surface area contributed by atoms with Crippen LogP contribution in [-0.2, 0) is 0 Å². The smallest absolute Gasteiger partial charge is 0.152 e. The molecule has 110 valence electrons. The van der Waals surface area contributed by atoms with Gasteiger partial charge in [0.15, 0.2) is 5.15 Å². The summed E-state index contributed by atoms with van der Waals surface area (Å²) in [7, 11) is 0. The third kappa shape index (κ3) is 3.26. The minimum atomic E-state index is 0.529. The number of nitrogens with zero attached hydrogens (tertiary/aromatic N) is 1. The van der Waals surface area contributed by atoms with Crippen LogP contribution in [0.4, 0.5) is 5.69 Å². The highest BCUT2D eigenvalue weighted by Crippen LogP contribution is 2.33. The third-order valence-electron chi connectivity index (χ3n) is 4.78. The summed E-state index contributed by atoms with van der Waals surface area (Å²) in [6.07, 6.45) is 11.0. The van der Waals surface area contributed by atoms with Crippen molar-refractivity contribution >= 4 is 17.3 Å². The SMILES string of the molecule is Clc1ncccc1NC1CCCCC1C1CCCCN1. The van der Waals surface area contributed by atoms with Gasteiger partial charge in [0, 0.05) is 18.3 Å². The fraction of sp³-hybridized carbons (Fsp3) is 0.688. The summed E-state index contributed by atoms with van der Waals surface area (Å²) in [5, 5.41) is 7.98. The zero-order valence-corrected chi connectivity index (χ0v) is 12.7. The van der Waals surface area contributed by atoms with Crippen LogP contribution < -0.4 is 10.6 Å². The van der Waals surface area contributed by atoms with Crippen LogP contribution in [0.5, 0.6) is 0 Å². The van der Waals surface area contributed by atoms with E-state index < -0.39 is 0 Å². The molecular formula is C16H24ClN3. The monoisotopic (exact) mass is 293 g/mol. The molecule has 2 fully saturated rings. The van der Waals surface area contributed by atoms with E-state index in [0.717, 1.165) is 11.6 Å². The molecule has 0 bridgehead atoms. The van der Waals surface area contributed by atoms with Crippen LogP contribution in [0, 0.1) is 5.92 Å². The van der Waals surface area contributed by atoms with Crippen molar-refractivity contribution in [3.8, 4) is 0 Å². The van der Waals surface area contributed by atoms with Crippen molar-refractivity contribution in [1.29, 1.82) is 0 Å². The number of hydrogen-bond acceptors (Lipinski definition) is 3. The Labute approximate surface area is 126 Å². The van der Waals surface area contributed by atoms with Gasteiger partial charge in [-0.1, -0.05) is 30.9 Å². The van der Waals surface area contributed by atoms with Crippen LogP contribution in [-0.4, -0.2) is 23.6 Å². The highest BCUT2D eigenvalue weighted by molar-refractivity contribution is 6.31. The van der Waals surface area contributed by atoms with Crippen LogP contribution in [0.1, 0.15) is 44.9 Å². The van der Waals surface area contributed by atoms with Crippen molar-refractivity contribution in [2.45, 2.75) is 57.0 Å². The first-order valence-electron chi connectivity index (χ1n) is 7.95. The van der Waals surface area contributed by atoms with E-state index in [0.29, 0.717) is 17.2 Å². The highest BCUT2D eigenvalue weighted by Gasteiger charge is 2.32. The molecule has 3 nitrogen and oxygen atoms in total. The van der Waals surface area contributed by atoms with Crippen molar-refractivity contribution in [2.75, 3.05) is 11.9 Å². The summed E-state index contributed by atoms with van der Waals surface area (Å²) in [5.74, 6) is 0.723. The molecule has 20 heavy (non-hydrogen) atoms. The first-order chi connectivity index (χ1) is 9.84. The standard InChI is InChI=1S/C16H24ClN3/c17-16-15(9-5-11-19-16)20-14-8-2-1-6-12(14)13-7-3-4-10-18-13/h5,9,11-14,18,20H,1-4,6-8,10H2. The van der Waals surface area contributed by atoms with Crippen LogP contribution >= 0.6 is 11.6 Å². The second kappa shape index (κ2) is 6.77. The zero-order chi connectivity index (χ0) is 13.8. The minimum absolute atomic E-state index is 0.529. The summed E-state index contributed by atoms with van der Waals surface area (Å²) >= 11 is 6.19. The van der Waals surface area contributed by atoms with Crippen molar-refractivity contribution in [3.63, 3.8) is 0 Å². The topological polar surface area (TPSA) is 37.0 Å². The van der Waals surface area contributed by atoms with E-state index >= 15 is 0 Å². The van der Waals surface area contributed by atoms with Crippen molar-refractivity contribution in [3.05, 3.63) is 23.5 Å². The van der Waals surface area contributed by atoms with E-state index in [1.807, 2.05) is 12.1 Å². The molecule has 1 aliphatic carbocycles. The first kappa shape index (κ1) is 14.2. The lowest BCUT2D eigenvalue weighted by Crippen LogP contribution is -2.48. The summed E-state index contributed by atoms with van der Waals surface area (Å²) in [6.45, 7) is 1.18. The Morgan fingerprint density at radius 1 is 1.15 bits per heavy atom. The minimum Gasteiger partial charge on any atom is -0.379 e. The number of rotatable bonds is 3. The van der Waals surface area contributed by atoms with Crippen LogP contribution in [0.2, 0.25) is 5.15 Å². The Kier molecular flexibility index (Phi) is 4.79. The number of pyridine rings is 1. The Hall–Kier alpha value is -0.800. The van der Waals surface area contributed by atoms with Gasteiger partial charge < -0.3 is 10.6 Å². The van der Waals surface area contributed by atoms with Crippen LogP contribution in [0.15, 0.2) is 18.3 Å².